The maximum Gasteiger partial charge on any atom is 0.319 e. The second-order valence-corrected chi connectivity index (χ2v) is 9.91. The van der Waals surface area contributed by atoms with Crippen LogP contribution in [0, 0.1) is 0 Å². The predicted molar refractivity (Wildman–Crippen MR) is 141 cm³/mol. The lowest BCUT2D eigenvalue weighted by Gasteiger charge is -2.22. The zero-order chi connectivity index (χ0) is 24.7. The SMILES string of the molecule is NC1=NCNc2c1ncn2C1CCC(CNCCCNC(=O)Nc2ccc(C3CCCCC3)cc2)O1. The van der Waals surface area contributed by atoms with Crippen molar-refractivity contribution < 1.29 is 9.53 Å². The third-order valence-electron chi connectivity index (χ3n) is 7.36. The summed E-state index contributed by atoms with van der Waals surface area (Å²) < 4.78 is 8.24. The Balaban J connectivity index is 0.951. The highest BCUT2D eigenvalue weighted by molar-refractivity contribution is 6.01. The van der Waals surface area contributed by atoms with Gasteiger partial charge < -0.3 is 31.7 Å². The number of ether oxygens (including phenoxy) is 1. The fraction of sp³-hybridized carbons (Fsp3) is 0.577. The van der Waals surface area contributed by atoms with Crippen LogP contribution in [-0.4, -0.2) is 53.8 Å². The first kappa shape index (κ1) is 24.6. The highest BCUT2D eigenvalue weighted by Crippen LogP contribution is 2.33. The topological polar surface area (TPSA) is 131 Å². The van der Waals surface area contributed by atoms with Gasteiger partial charge in [-0.25, -0.2) is 14.8 Å². The second kappa shape index (κ2) is 11.7. The number of amidine groups is 1. The normalized spacial score (nSPS) is 21.9. The van der Waals surface area contributed by atoms with Crippen molar-refractivity contribution in [2.45, 2.75) is 69.6 Å². The molecule has 10 heteroatoms. The van der Waals surface area contributed by atoms with E-state index in [9.17, 15) is 4.79 Å². The molecule has 2 amide bonds. The maximum atomic E-state index is 12.2. The smallest absolute Gasteiger partial charge is 0.319 e. The number of hydrogen-bond acceptors (Lipinski definition) is 7. The number of hydrogen-bond donors (Lipinski definition) is 5. The van der Waals surface area contributed by atoms with Crippen LogP contribution in [0.2, 0.25) is 0 Å². The van der Waals surface area contributed by atoms with E-state index in [-0.39, 0.29) is 18.4 Å². The van der Waals surface area contributed by atoms with Gasteiger partial charge in [0.05, 0.1) is 12.4 Å². The molecule has 194 valence electrons. The van der Waals surface area contributed by atoms with Crippen LogP contribution in [0.1, 0.15) is 74.8 Å². The molecule has 2 fully saturated rings. The van der Waals surface area contributed by atoms with Gasteiger partial charge in [0, 0.05) is 18.8 Å². The van der Waals surface area contributed by atoms with E-state index in [0.29, 0.717) is 30.7 Å². The molecule has 1 saturated carbocycles. The Labute approximate surface area is 212 Å². The van der Waals surface area contributed by atoms with Gasteiger partial charge in [-0.3, -0.25) is 4.57 Å². The summed E-state index contributed by atoms with van der Waals surface area (Å²) in [6.07, 6.45) is 11.2. The molecule has 3 heterocycles. The minimum Gasteiger partial charge on any atom is -0.382 e. The molecule has 1 saturated heterocycles. The molecule has 0 spiro atoms. The third kappa shape index (κ3) is 5.99. The summed E-state index contributed by atoms with van der Waals surface area (Å²) >= 11 is 0. The fourth-order valence-corrected chi connectivity index (χ4v) is 5.39. The number of aliphatic imine (C=N–C) groups is 1. The number of urea groups is 1. The Morgan fingerprint density at radius 3 is 2.78 bits per heavy atom. The molecule has 36 heavy (non-hydrogen) atoms. The number of nitrogens with one attached hydrogen (secondary N) is 4. The van der Waals surface area contributed by atoms with Crippen LogP contribution in [0.15, 0.2) is 35.6 Å². The Kier molecular flexibility index (Phi) is 8.02. The van der Waals surface area contributed by atoms with Gasteiger partial charge >= 0.3 is 6.03 Å². The first-order chi connectivity index (χ1) is 17.7. The van der Waals surface area contributed by atoms with Crippen LogP contribution in [0.4, 0.5) is 16.3 Å². The number of nitrogens with zero attached hydrogens (tertiary/aromatic N) is 3. The molecule has 6 N–H and O–H groups in total. The summed E-state index contributed by atoms with van der Waals surface area (Å²) in [5.74, 6) is 2.02. The van der Waals surface area contributed by atoms with Gasteiger partial charge in [0.1, 0.15) is 30.2 Å². The van der Waals surface area contributed by atoms with Crippen molar-refractivity contribution in [2.24, 2.45) is 10.7 Å². The Morgan fingerprint density at radius 2 is 1.94 bits per heavy atom. The number of carbonyl (C=O) groups excluding carboxylic acids is 1. The molecule has 1 aromatic heterocycles. The largest absolute Gasteiger partial charge is 0.382 e. The molecule has 0 radical (unpaired) electrons. The highest BCUT2D eigenvalue weighted by Gasteiger charge is 2.30. The zero-order valence-electron chi connectivity index (χ0n) is 20.8. The van der Waals surface area contributed by atoms with Crippen molar-refractivity contribution in [1.29, 1.82) is 0 Å². The molecule has 1 aromatic carbocycles. The number of nitrogens with two attached hydrogens (primary N) is 1. The van der Waals surface area contributed by atoms with Crippen LogP contribution in [-0.2, 0) is 4.74 Å². The van der Waals surface area contributed by atoms with Gasteiger partial charge in [0.15, 0.2) is 0 Å². The number of benzene rings is 1. The average Bonchev–Trinajstić information content (AvgIpc) is 3.55. The molecular weight excluding hydrogens is 456 g/mol. The quantitative estimate of drug-likeness (QED) is 0.339. The second-order valence-electron chi connectivity index (χ2n) is 9.91. The van der Waals surface area contributed by atoms with E-state index in [1.54, 1.807) is 6.33 Å². The van der Waals surface area contributed by atoms with E-state index >= 15 is 0 Å². The van der Waals surface area contributed by atoms with Crippen molar-refractivity contribution in [2.75, 3.05) is 36.9 Å². The molecule has 10 nitrogen and oxygen atoms in total. The van der Waals surface area contributed by atoms with Crippen LogP contribution in [0.5, 0.6) is 0 Å². The number of imidazole rings is 1. The van der Waals surface area contributed by atoms with Crippen molar-refractivity contribution in [3.63, 3.8) is 0 Å². The Morgan fingerprint density at radius 1 is 1.11 bits per heavy atom. The van der Waals surface area contributed by atoms with Crippen molar-refractivity contribution in [1.82, 2.24) is 20.2 Å². The summed E-state index contributed by atoms with van der Waals surface area (Å²) in [4.78, 5) is 20.8. The van der Waals surface area contributed by atoms with Crippen molar-refractivity contribution in [3.8, 4) is 0 Å². The number of aromatic nitrogens is 2. The summed E-state index contributed by atoms with van der Waals surface area (Å²) in [5, 5.41) is 12.6. The molecule has 0 bridgehead atoms. The van der Waals surface area contributed by atoms with Crippen molar-refractivity contribution in [3.05, 3.63) is 41.9 Å². The lowest BCUT2D eigenvalue weighted by molar-refractivity contribution is 0.00405. The van der Waals surface area contributed by atoms with Gasteiger partial charge in [-0.1, -0.05) is 31.4 Å². The Bertz CT molecular complexity index is 1040. The van der Waals surface area contributed by atoms with Gasteiger partial charge in [-0.05, 0) is 62.3 Å². The average molecular weight is 495 g/mol. The molecule has 1 aliphatic carbocycles. The number of amides is 2. The van der Waals surface area contributed by atoms with E-state index in [2.05, 4.69) is 43.4 Å². The molecule has 2 aromatic rings. The molecule has 5 rings (SSSR count). The standard InChI is InChI=1S/C26H38N8O2/c27-24-23-25(31-16-30-24)34(17-32-23)22-12-11-21(36-22)15-28-13-4-14-29-26(35)33-20-9-7-19(8-10-20)18-5-2-1-3-6-18/h7-10,17-18,21-22,28,31H,1-6,11-16H2,(H2,27,30)(H2,29,33,35). The predicted octanol–water partition coefficient (Wildman–Crippen LogP) is 3.50. The molecule has 2 atom stereocenters. The maximum absolute atomic E-state index is 12.2. The number of carbonyl (C=O) groups is 1. The Hall–Kier alpha value is -3.11. The van der Waals surface area contributed by atoms with E-state index in [1.807, 2.05) is 16.7 Å². The summed E-state index contributed by atoms with van der Waals surface area (Å²) in [5.41, 5.74) is 8.86. The zero-order valence-corrected chi connectivity index (χ0v) is 20.8. The monoisotopic (exact) mass is 494 g/mol. The van der Waals surface area contributed by atoms with Crippen LogP contribution in [0.25, 0.3) is 0 Å². The number of anilines is 2. The minimum absolute atomic E-state index is 0.0476. The molecule has 3 aliphatic rings. The molecular formula is C26H38N8O2. The lowest BCUT2D eigenvalue weighted by atomic mass is 9.84. The third-order valence-corrected chi connectivity index (χ3v) is 7.36. The molecule has 2 unspecified atom stereocenters. The van der Waals surface area contributed by atoms with Crippen LogP contribution >= 0.6 is 0 Å². The van der Waals surface area contributed by atoms with E-state index in [4.69, 9.17) is 10.5 Å². The van der Waals surface area contributed by atoms with Gasteiger partial charge in [-0.2, -0.15) is 0 Å². The van der Waals surface area contributed by atoms with E-state index in [1.165, 1.54) is 37.7 Å². The minimum atomic E-state index is -0.162. The first-order valence-electron chi connectivity index (χ1n) is 13.3. The lowest BCUT2D eigenvalue weighted by Crippen LogP contribution is -2.33. The van der Waals surface area contributed by atoms with E-state index in [0.717, 1.165) is 43.9 Å². The summed E-state index contributed by atoms with van der Waals surface area (Å²) in [6.45, 7) is 2.67. The van der Waals surface area contributed by atoms with Crippen molar-refractivity contribution >= 4 is 23.4 Å². The van der Waals surface area contributed by atoms with Gasteiger partial charge in [0.2, 0.25) is 0 Å². The first-order valence-corrected chi connectivity index (χ1v) is 13.3. The van der Waals surface area contributed by atoms with Crippen LogP contribution < -0.4 is 27.0 Å². The summed E-state index contributed by atoms with van der Waals surface area (Å²) in [6, 6.07) is 8.18. The number of fused-ring (bicyclic) bond motifs is 1. The van der Waals surface area contributed by atoms with E-state index < -0.39 is 0 Å². The highest BCUT2D eigenvalue weighted by atomic mass is 16.5. The van der Waals surface area contributed by atoms with Crippen LogP contribution in [0.3, 0.4) is 0 Å². The fourth-order valence-electron chi connectivity index (χ4n) is 5.39. The van der Waals surface area contributed by atoms with Gasteiger partial charge in [-0.15, -0.1) is 0 Å². The molecule has 2 aliphatic heterocycles. The van der Waals surface area contributed by atoms with Gasteiger partial charge in [0.25, 0.3) is 0 Å². The summed E-state index contributed by atoms with van der Waals surface area (Å²) in [7, 11) is 0. The number of rotatable bonds is 9.